The van der Waals surface area contributed by atoms with Crippen LogP contribution < -0.4 is 14.8 Å². The summed E-state index contributed by atoms with van der Waals surface area (Å²) in [6, 6.07) is 3.66. The summed E-state index contributed by atoms with van der Waals surface area (Å²) in [5, 5.41) is 2.97. The molecule has 0 aliphatic carbocycles. The van der Waals surface area contributed by atoms with Crippen LogP contribution in [0.5, 0.6) is 11.5 Å². The first-order chi connectivity index (χ1) is 19.5. The zero-order chi connectivity index (χ0) is 30.8. The van der Waals surface area contributed by atoms with Crippen LogP contribution in [0, 0.1) is 17.8 Å². The van der Waals surface area contributed by atoms with Crippen molar-refractivity contribution in [1.82, 2.24) is 5.32 Å². The van der Waals surface area contributed by atoms with Crippen LogP contribution in [0.4, 0.5) is 14.4 Å². The van der Waals surface area contributed by atoms with Crippen molar-refractivity contribution in [2.24, 2.45) is 17.8 Å². The van der Waals surface area contributed by atoms with Crippen molar-refractivity contribution >= 4 is 24.4 Å². The fourth-order valence-electron chi connectivity index (χ4n) is 3.00. The minimum Gasteiger partial charge on any atom is -0.468 e. The highest BCUT2D eigenvalue weighted by atomic mass is 16.7. The SMILES string of the molecule is CCC(C)COC(=O)Oc1ccc(C[C@H](NCCOC(=O)OCC(C)C)C(=O)OC)cc1OC(=O)OCC(C)CC. The Morgan fingerprint density at radius 2 is 1.32 bits per heavy atom. The molecule has 0 aliphatic heterocycles. The van der Waals surface area contributed by atoms with Crippen LogP contribution in [-0.4, -0.2) is 70.6 Å². The predicted molar refractivity (Wildman–Crippen MR) is 149 cm³/mol. The molecule has 0 fully saturated rings. The summed E-state index contributed by atoms with van der Waals surface area (Å²) in [5.74, 6) is -0.247. The van der Waals surface area contributed by atoms with Gasteiger partial charge in [0.2, 0.25) is 0 Å². The summed E-state index contributed by atoms with van der Waals surface area (Å²) in [6.45, 7) is 12.3. The Morgan fingerprint density at radius 1 is 0.756 bits per heavy atom. The van der Waals surface area contributed by atoms with Crippen molar-refractivity contribution < 1.29 is 52.3 Å². The quantitative estimate of drug-likeness (QED) is 0.110. The van der Waals surface area contributed by atoms with Gasteiger partial charge >= 0.3 is 24.4 Å². The van der Waals surface area contributed by atoms with Gasteiger partial charge in [-0.2, -0.15) is 0 Å². The summed E-state index contributed by atoms with van der Waals surface area (Å²) in [5.41, 5.74) is 0.551. The average molecular weight is 584 g/mol. The second-order valence-corrected chi connectivity index (χ2v) is 10.2. The van der Waals surface area contributed by atoms with Gasteiger partial charge in [0.15, 0.2) is 11.5 Å². The smallest absolute Gasteiger partial charge is 0.468 e. The molecule has 1 N–H and O–H groups in total. The molecule has 0 bridgehead atoms. The maximum absolute atomic E-state index is 12.4. The van der Waals surface area contributed by atoms with Crippen molar-refractivity contribution in [2.75, 3.05) is 40.1 Å². The number of rotatable bonds is 17. The molecule has 232 valence electrons. The first-order valence-electron chi connectivity index (χ1n) is 13.9. The lowest BCUT2D eigenvalue weighted by Gasteiger charge is -2.18. The van der Waals surface area contributed by atoms with Gasteiger partial charge in [-0.25, -0.2) is 14.4 Å². The molecule has 1 aromatic carbocycles. The minimum absolute atomic E-state index is 0.0354. The maximum Gasteiger partial charge on any atom is 0.513 e. The Kier molecular flexibility index (Phi) is 16.9. The molecular weight excluding hydrogens is 538 g/mol. The molecule has 0 spiro atoms. The van der Waals surface area contributed by atoms with Crippen LogP contribution >= 0.6 is 0 Å². The van der Waals surface area contributed by atoms with Crippen molar-refractivity contribution in [3.63, 3.8) is 0 Å². The van der Waals surface area contributed by atoms with E-state index in [2.05, 4.69) is 5.32 Å². The topological polar surface area (TPSA) is 145 Å². The summed E-state index contributed by atoms with van der Waals surface area (Å²) in [4.78, 5) is 48.7. The van der Waals surface area contributed by atoms with Crippen LogP contribution in [0.1, 0.15) is 59.9 Å². The van der Waals surface area contributed by atoms with Crippen LogP contribution in [-0.2, 0) is 34.9 Å². The number of methoxy groups -OCH3 is 1. The van der Waals surface area contributed by atoms with E-state index in [1.54, 1.807) is 6.07 Å². The Balaban J connectivity index is 2.97. The van der Waals surface area contributed by atoms with E-state index in [-0.39, 0.29) is 68.6 Å². The van der Waals surface area contributed by atoms with Gasteiger partial charge in [0.05, 0.1) is 26.9 Å². The van der Waals surface area contributed by atoms with Crippen molar-refractivity contribution in [2.45, 2.75) is 66.8 Å². The Morgan fingerprint density at radius 3 is 1.85 bits per heavy atom. The molecule has 0 saturated heterocycles. The van der Waals surface area contributed by atoms with Crippen LogP contribution in [0.15, 0.2) is 18.2 Å². The maximum atomic E-state index is 12.4. The first-order valence-corrected chi connectivity index (χ1v) is 13.9. The van der Waals surface area contributed by atoms with E-state index in [9.17, 15) is 19.2 Å². The summed E-state index contributed by atoms with van der Waals surface area (Å²) >= 11 is 0. The van der Waals surface area contributed by atoms with Gasteiger partial charge in [0.1, 0.15) is 12.6 Å². The number of hydrogen-bond donors (Lipinski definition) is 1. The van der Waals surface area contributed by atoms with Gasteiger partial charge in [0, 0.05) is 6.54 Å². The lowest BCUT2D eigenvalue weighted by molar-refractivity contribution is -0.143. The van der Waals surface area contributed by atoms with E-state index in [1.807, 2.05) is 41.5 Å². The third kappa shape index (κ3) is 15.1. The molecule has 12 nitrogen and oxygen atoms in total. The van der Waals surface area contributed by atoms with Crippen LogP contribution in [0.3, 0.4) is 0 Å². The molecule has 1 aromatic rings. The van der Waals surface area contributed by atoms with Gasteiger partial charge in [-0.05, 0) is 41.9 Å². The van der Waals surface area contributed by atoms with E-state index < -0.39 is 30.5 Å². The molecule has 2 unspecified atom stereocenters. The number of hydrogen-bond acceptors (Lipinski definition) is 12. The molecule has 41 heavy (non-hydrogen) atoms. The van der Waals surface area contributed by atoms with Gasteiger partial charge in [-0.3, -0.25) is 4.79 Å². The standard InChI is InChI=1S/C29H45NO11/c1-8-20(5)17-38-28(33)40-24-11-10-22(15-25(24)41-29(34)39-18-21(6)9-2)14-23(26(31)35-7)30-12-13-36-27(32)37-16-19(3)4/h10-11,15,19-21,23,30H,8-9,12-14,16-18H2,1-7H3/t20?,21?,23-/m0/s1. The molecule has 0 radical (unpaired) electrons. The van der Waals surface area contributed by atoms with E-state index in [1.165, 1.54) is 19.2 Å². The molecule has 0 aromatic heterocycles. The second-order valence-electron chi connectivity index (χ2n) is 10.2. The predicted octanol–water partition coefficient (Wildman–Crippen LogP) is 5.29. The third-order valence-corrected chi connectivity index (χ3v) is 5.93. The van der Waals surface area contributed by atoms with Crippen molar-refractivity contribution in [3.8, 4) is 11.5 Å². The molecule has 0 aliphatic rings. The van der Waals surface area contributed by atoms with Gasteiger partial charge < -0.3 is 38.5 Å². The summed E-state index contributed by atoms with van der Waals surface area (Å²) < 4.78 is 35.8. The highest BCUT2D eigenvalue weighted by molar-refractivity contribution is 5.76. The van der Waals surface area contributed by atoms with Crippen LogP contribution in [0.25, 0.3) is 0 Å². The number of nitrogens with one attached hydrogen (secondary N) is 1. The highest BCUT2D eigenvalue weighted by Gasteiger charge is 2.22. The van der Waals surface area contributed by atoms with Gasteiger partial charge in [0.25, 0.3) is 0 Å². The number of ether oxygens (including phenoxy) is 7. The summed E-state index contributed by atoms with van der Waals surface area (Å²) in [7, 11) is 1.25. The highest BCUT2D eigenvalue weighted by Crippen LogP contribution is 2.30. The van der Waals surface area contributed by atoms with E-state index >= 15 is 0 Å². The Labute approximate surface area is 242 Å². The molecule has 0 saturated carbocycles. The molecule has 0 heterocycles. The van der Waals surface area contributed by atoms with E-state index in [4.69, 9.17) is 33.2 Å². The van der Waals surface area contributed by atoms with Crippen LogP contribution in [0.2, 0.25) is 0 Å². The van der Waals surface area contributed by atoms with Gasteiger partial charge in [-0.15, -0.1) is 0 Å². The average Bonchev–Trinajstić information content (AvgIpc) is 2.95. The lowest BCUT2D eigenvalue weighted by atomic mass is 10.1. The monoisotopic (exact) mass is 583 g/mol. The fraction of sp³-hybridized carbons (Fsp3) is 0.655. The zero-order valence-corrected chi connectivity index (χ0v) is 25.2. The van der Waals surface area contributed by atoms with E-state index in [0.717, 1.165) is 12.8 Å². The Bertz CT molecular complexity index is 966. The number of carbonyl (C=O) groups is 4. The van der Waals surface area contributed by atoms with E-state index in [0.29, 0.717) is 5.56 Å². The molecule has 0 amide bonds. The first kappa shape index (κ1) is 35.5. The number of esters is 1. The molecular formula is C29H45NO11. The fourth-order valence-corrected chi connectivity index (χ4v) is 3.00. The lowest BCUT2D eigenvalue weighted by Crippen LogP contribution is -2.41. The zero-order valence-electron chi connectivity index (χ0n) is 25.2. The third-order valence-electron chi connectivity index (χ3n) is 5.93. The van der Waals surface area contributed by atoms with Crippen molar-refractivity contribution in [1.29, 1.82) is 0 Å². The molecule has 12 heteroatoms. The number of benzene rings is 1. The Hall–Kier alpha value is -3.54. The molecule has 1 rings (SSSR count). The molecule has 3 atom stereocenters. The second kappa shape index (κ2) is 19.5. The minimum atomic E-state index is -0.968. The largest absolute Gasteiger partial charge is 0.513 e. The normalized spacial score (nSPS) is 13.0. The number of carbonyl (C=O) groups excluding carboxylic acids is 4. The van der Waals surface area contributed by atoms with Crippen molar-refractivity contribution in [3.05, 3.63) is 23.8 Å². The van der Waals surface area contributed by atoms with Gasteiger partial charge in [-0.1, -0.05) is 60.5 Å². The summed E-state index contributed by atoms with van der Waals surface area (Å²) in [6.07, 6.45) is -0.967.